The van der Waals surface area contributed by atoms with Gasteiger partial charge in [0.25, 0.3) is 0 Å². The van der Waals surface area contributed by atoms with Crippen LogP contribution >= 0.6 is 0 Å². The van der Waals surface area contributed by atoms with Gasteiger partial charge in [0.1, 0.15) is 46.0 Å². The summed E-state index contributed by atoms with van der Waals surface area (Å²) in [5.74, 6) is 5.49. The molecule has 1 aliphatic carbocycles. The number of methoxy groups -OCH3 is 6. The molecule has 4 aromatic carbocycles. The zero-order valence-electron chi connectivity index (χ0n) is 27.4. The lowest BCUT2D eigenvalue weighted by Gasteiger charge is -2.24. The molecule has 0 spiro atoms. The van der Waals surface area contributed by atoms with Crippen molar-refractivity contribution in [1.82, 2.24) is 0 Å². The molecule has 0 amide bonds. The van der Waals surface area contributed by atoms with Crippen LogP contribution in [0.4, 0.5) is 0 Å². The van der Waals surface area contributed by atoms with E-state index in [2.05, 4.69) is 24.3 Å². The summed E-state index contributed by atoms with van der Waals surface area (Å²) in [5, 5.41) is 0. The van der Waals surface area contributed by atoms with Gasteiger partial charge in [0.15, 0.2) is 0 Å². The maximum absolute atomic E-state index is 6.18. The van der Waals surface area contributed by atoms with Gasteiger partial charge < -0.3 is 37.9 Å². The van der Waals surface area contributed by atoms with E-state index in [-0.39, 0.29) is 0 Å². The van der Waals surface area contributed by atoms with Crippen LogP contribution in [0.15, 0.2) is 48.5 Å². The smallest absolute Gasteiger partial charge is 0.133 e. The Kier molecular flexibility index (Phi) is 9.81. The van der Waals surface area contributed by atoms with Crippen LogP contribution in [0.3, 0.4) is 0 Å². The highest BCUT2D eigenvalue weighted by atomic mass is 16.5. The number of fused-ring (bicyclic) bond motifs is 9. The Bertz CT molecular complexity index is 1550. The fourth-order valence-corrected chi connectivity index (χ4v) is 6.23. The number of hydrogen-bond acceptors (Lipinski definition) is 8. The standard InChI is InChI=1S/C37H42O8/c1-9-44-30-13-11-22-15-24(30)17-26-32(38-3)20-34(40-5)28(36(26)42-7)19-29-35(41-6)21-33(39-4)27(37(29)43-8)18-25-16-23(22)12-14-31(25)45-10-2/h11-16,20-21H,9-10,17-19H2,1-8H3. The van der Waals surface area contributed by atoms with Gasteiger partial charge in [0.05, 0.1) is 55.9 Å². The molecule has 1 aliphatic rings. The van der Waals surface area contributed by atoms with Crippen LogP contribution in [0.25, 0.3) is 11.1 Å². The van der Waals surface area contributed by atoms with Gasteiger partial charge in [0, 0.05) is 53.6 Å². The molecule has 45 heavy (non-hydrogen) atoms. The molecule has 0 aromatic heterocycles. The summed E-state index contributed by atoms with van der Waals surface area (Å²) in [5.41, 5.74) is 7.54. The molecular formula is C37H42O8. The Morgan fingerprint density at radius 3 is 1.09 bits per heavy atom. The van der Waals surface area contributed by atoms with Gasteiger partial charge in [-0.3, -0.25) is 0 Å². The summed E-state index contributed by atoms with van der Waals surface area (Å²) in [7, 11) is 9.94. The summed E-state index contributed by atoms with van der Waals surface area (Å²) in [4.78, 5) is 0. The molecule has 8 heteroatoms. The second-order valence-corrected chi connectivity index (χ2v) is 10.6. The zero-order chi connectivity index (χ0) is 32.1. The van der Waals surface area contributed by atoms with Gasteiger partial charge in [-0.15, -0.1) is 0 Å². The number of rotatable bonds is 10. The average molecular weight is 615 g/mol. The fraction of sp³-hybridized carbons (Fsp3) is 0.351. The molecule has 0 saturated carbocycles. The van der Waals surface area contributed by atoms with Gasteiger partial charge in [0.2, 0.25) is 0 Å². The lowest BCUT2D eigenvalue weighted by Crippen LogP contribution is -2.09. The van der Waals surface area contributed by atoms with E-state index in [0.717, 1.165) is 56.0 Å². The fourth-order valence-electron chi connectivity index (χ4n) is 6.23. The highest BCUT2D eigenvalue weighted by molar-refractivity contribution is 5.71. The first-order valence-electron chi connectivity index (χ1n) is 15.1. The Morgan fingerprint density at radius 1 is 0.422 bits per heavy atom. The number of ether oxygens (including phenoxy) is 8. The van der Waals surface area contributed by atoms with E-state index in [1.165, 1.54) is 0 Å². The summed E-state index contributed by atoms with van der Waals surface area (Å²) in [6.45, 7) is 5.06. The molecule has 4 aromatic rings. The highest BCUT2D eigenvalue weighted by Crippen LogP contribution is 2.48. The highest BCUT2D eigenvalue weighted by Gasteiger charge is 2.28. The van der Waals surface area contributed by atoms with Crippen LogP contribution in [0.1, 0.15) is 47.2 Å². The van der Waals surface area contributed by atoms with Gasteiger partial charge in [-0.05, 0) is 60.4 Å². The second-order valence-electron chi connectivity index (χ2n) is 10.6. The second kappa shape index (κ2) is 13.9. The van der Waals surface area contributed by atoms with E-state index in [1.807, 2.05) is 38.1 Å². The van der Waals surface area contributed by atoms with E-state index in [1.54, 1.807) is 42.7 Å². The average Bonchev–Trinajstić information content (AvgIpc) is 3.06. The molecule has 0 radical (unpaired) electrons. The third kappa shape index (κ3) is 6.01. The lowest BCUT2D eigenvalue weighted by molar-refractivity contribution is 0.336. The van der Waals surface area contributed by atoms with E-state index in [9.17, 15) is 0 Å². The van der Waals surface area contributed by atoms with Gasteiger partial charge >= 0.3 is 0 Å². The van der Waals surface area contributed by atoms with E-state index < -0.39 is 0 Å². The third-order valence-corrected chi connectivity index (χ3v) is 8.24. The lowest BCUT2D eigenvalue weighted by atomic mass is 9.92. The van der Waals surface area contributed by atoms with E-state index in [4.69, 9.17) is 37.9 Å². The maximum atomic E-state index is 6.18. The van der Waals surface area contributed by atoms with Gasteiger partial charge in [-0.1, -0.05) is 12.1 Å². The van der Waals surface area contributed by atoms with Crippen LogP contribution in [0, 0.1) is 0 Å². The molecule has 0 unspecified atom stereocenters. The maximum Gasteiger partial charge on any atom is 0.133 e. The molecular weight excluding hydrogens is 572 g/mol. The molecule has 0 saturated heterocycles. The van der Waals surface area contributed by atoms with Crippen molar-refractivity contribution < 1.29 is 37.9 Å². The molecule has 0 heterocycles. The Balaban J connectivity index is 1.91. The van der Waals surface area contributed by atoms with E-state index in [0.29, 0.717) is 67.0 Å². The van der Waals surface area contributed by atoms with Crippen molar-refractivity contribution in [2.75, 3.05) is 55.9 Å². The zero-order valence-corrected chi connectivity index (χ0v) is 27.4. The van der Waals surface area contributed by atoms with E-state index >= 15 is 0 Å². The van der Waals surface area contributed by atoms with Crippen LogP contribution in [0.5, 0.6) is 46.0 Å². The molecule has 238 valence electrons. The van der Waals surface area contributed by atoms with Crippen molar-refractivity contribution in [2.24, 2.45) is 0 Å². The van der Waals surface area contributed by atoms with Gasteiger partial charge in [-0.25, -0.2) is 0 Å². The first-order valence-corrected chi connectivity index (χ1v) is 15.1. The Morgan fingerprint density at radius 2 is 0.778 bits per heavy atom. The number of hydrogen-bond donors (Lipinski definition) is 0. The molecule has 8 nitrogen and oxygen atoms in total. The minimum absolute atomic E-state index is 0.392. The minimum atomic E-state index is 0.392. The van der Waals surface area contributed by atoms with Crippen LogP contribution in [0.2, 0.25) is 0 Å². The molecule has 0 aliphatic heterocycles. The van der Waals surface area contributed by atoms with Crippen LogP contribution in [-0.4, -0.2) is 55.9 Å². The molecule has 8 bridgehead atoms. The predicted octanol–water partition coefficient (Wildman–Crippen LogP) is 7.29. The van der Waals surface area contributed by atoms with Crippen molar-refractivity contribution in [3.05, 3.63) is 81.9 Å². The van der Waals surface area contributed by atoms with Crippen molar-refractivity contribution in [1.29, 1.82) is 0 Å². The SMILES string of the molecule is CCOc1ccc2cc1Cc1c(OC)cc(OC)c(c1OC)Cc1c(OC)cc(OC)c(c1OC)Cc1cc-2ccc1OCC. The molecule has 0 N–H and O–H groups in total. The third-order valence-electron chi connectivity index (χ3n) is 8.24. The first kappa shape index (κ1) is 31.7. The van der Waals surface area contributed by atoms with Crippen molar-refractivity contribution in [3.63, 3.8) is 0 Å². The van der Waals surface area contributed by atoms with Crippen LogP contribution in [-0.2, 0) is 19.3 Å². The summed E-state index contributed by atoms with van der Waals surface area (Å²) in [6, 6.07) is 16.4. The largest absolute Gasteiger partial charge is 0.496 e. The van der Waals surface area contributed by atoms with Gasteiger partial charge in [-0.2, -0.15) is 0 Å². The molecule has 0 fully saturated rings. The Hall–Kier alpha value is -4.72. The number of benzene rings is 4. The minimum Gasteiger partial charge on any atom is -0.496 e. The summed E-state index contributed by atoms with van der Waals surface area (Å²) in [6.07, 6.45) is 1.39. The quantitative estimate of drug-likeness (QED) is 0.162. The van der Waals surface area contributed by atoms with Crippen molar-refractivity contribution >= 4 is 0 Å². The first-order chi connectivity index (χ1) is 21.9. The normalized spacial score (nSPS) is 11.9. The van der Waals surface area contributed by atoms with Crippen LogP contribution < -0.4 is 37.9 Å². The summed E-state index contributed by atoms with van der Waals surface area (Å²) < 4.78 is 48.3. The topological polar surface area (TPSA) is 73.8 Å². The predicted molar refractivity (Wildman–Crippen MR) is 175 cm³/mol. The summed E-state index contributed by atoms with van der Waals surface area (Å²) >= 11 is 0. The molecule has 0 atom stereocenters. The Labute approximate surface area is 265 Å². The van der Waals surface area contributed by atoms with Crippen molar-refractivity contribution in [2.45, 2.75) is 33.1 Å². The monoisotopic (exact) mass is 614 g/mol. The molecule has 5 rings (SSSR count). The van der Waals surface area contributed by atoms with Crippen molar-refractivity contribution in [3.8, 4) is 57.1 Å².